The average molecular weight is 457 g/mol. The molecule has 2 N–H and O–H groups in total. The number of nitrogens with one attached hydrogen (secondary N) is 1. The number of ether oxygens (including phenoxy) is 1. The lowest BCUT2D eigenvalue weighted by Gasteiger charge is -2.27. The van der Waals surface area contributed by atoms with Crippen LogP contribution in [0.25, 0.3) is 11.1 Å². The van der Waals surface area contributed by atoms with Crippen molar-refractivity contribution in [1.82, 2.24) is 10.2 Å². The van der Waals surface area contributed by atoms with Gasteiger partial charge in [-0.05, 0) is 60.1 Å². The molecule has 1 aliphatic heterocycles. The summed E-state index contributed by atoms with van der Waals surface area (Å²) >= 11 is 0. The number of urea groups is 1. The maximum absolute atomic E-state index is 13.5. The number of carbonyl (C=O) groups is 2. The third-order valence-electron chi connectivity index (χ3n) is 6.70. The highest BCUT2D eigenvalue weighted by Crippen LogP contribution is 2.39. The molecule has 0 saturated carbocycles. The van der Waals surface area contributed by atoms with E-state index >= 15 is 0 Å². The summed E-state index contributed by atoms with van der Waals surface area (Å²) < 4.78 is 5.73. The van der Waals surface area contributed by atoms with Crippen LogP contribution in [0, 0.1) is 0 Å². The van der Waals surface area contributed by atoms with E-state index in [-0.39, 0.29) is 19.1 Å². The third-order valence-corrected chi connectivity index (χ3v) is 6.70. The van der Waals surface area contributed by atoms with Crippen LogP contribution >= 0.6 is 0 Å². The maximum atomic E-state index is 13.5. The van der Waals surface area contributed by atoms with Crippen molar-refractivity contribution in [3.8, 4) is 16.9 Å². The number of aliphatic hydroxyl groups excluding tert-OH is 1. The van der Waals surface area contributed by atoms with Crippen LogP contribution in [0.3, 0.4) is 0 Å². The van der Waals surface area contributed by atoms with Crippen LogP contribution in [-0.2, 0) is 16.8 Å². The molecule has 1 spiro atoms. The Morgan fingerprint density at radius 2 is 1.62 bits per heavy atom. The third kappa shape index (κ3) is 4.17. The van der Waals surface area contributed by atoms with Crippen LogP contribution in [0.4, 0.5) is 4.79 Å². The first-order valence-corrected chi connectivity index (χ1v) is 11.8. The number of benzene rings is 3. The summed E-state index contributed by atoms with van der Waals surface area (Å²) in [7, 11) is 0. The van der Waals surface area contributed by atoms with Crippen LogP contribution in [-0.4, -0.2) is 41.2 Å². The number of hydrogen-bond acceptors (Lipinski definition) is 4. The highest BCUT2D eigenvalue weighted by atomic mass is 16.5. The minimum atomic E-state index is -1.04. The Morgan fingerprint density at radius 3 is 2.41 bits per heavy atom. The summed E-state index contributed by atoms with van der Waals surface area (Å²) in [6.07, 6.45) is 2.27. The smallest absolute Gasteiger partial charge is 0.325 e. The van der Waals surface area contributed by atoms with Gasteiger partial charge in [0.1, 0.15) is 24.0 Å². The Kier molecular flexibility index (Phi) is 6.07. The maximum Gasteiger partial charge on any atom is 0.325 e. The summed E-state index contributed by atoms with van der Waals surface area (Å²) in [4.78, 5) is 27.4. The monoisotopic (exact) mass is 456 g/mol. The van der Waals surface area contributed by atoms with E-state index in [0.29, 0.717) is 12.2 Å². The SMILES string of the molecule is O=C1NC2(CCCCc3ccccc32)C(=O)N1CC(O)COc1ccc(-c2ccccc2)cc1. The molecular weight excluding hydrogens is 428 g/mol. The van der Waals surface area contributed by atoms with Gasteiger partial charge >= 0.3 is 6.03 Å². The van der Waals surface area contributed by atoms with Crippen molar-refractivity contribution < 1.29 is 19.4 Å². The fourth-order valence-corrected chi connectivity index (χ4v) is 4.97. The van der Waals surface area contributed by atoms with Crippen molar-refractivity contribution in [2.45, 2.75) is 37.3 Å². The molecule has 0 bridgehead atoms. The zero-order valence-corrected chi connectivity index (χ0v) is 18.9. The highest BCUT2D eigenvalue weighted by molar-refractivity contribution is 6.07. The molecule has 1 aliphatic carbocycles. The Balaban J connectivity index is 1.24. The molecule has 2 atom stereocenters. The second kappa shape index (κ2) is 9.31. The molecule has 3 aromatic carbocycles. The predicted molar refractivity (Wildman–Crippen MR) is 129 cm³/mol. The summed E-state index contributed by atoms with van der Waals surface area (Å²) in [6, 6.07) is 25.0. The topological polar surface area (TPSA) is 78.9 Å². The van der Waals surface area contributed by atoms with Crippen LogP contribution in [0.15, 0.2) is 78.9 Å². The van der Waals surface area contributed by atoms with Gasteiger partial charge in [0, 0.05) is 0 Å². The first kappa shape index (κ1) is 22.2. The number of aryl methyl sites for hydroxylation is 1. The van der Waals surface area contributed by atoms with Crippen molar-refractivity contribution in [2.24, 2.45) is 0 Å². The van der Waals surface area contributed by atoms with Gasteiger partial charge in [-0.2, -0.15) is 0 Å². The van der Waals surface area contributed by atoms with Crippen LogP contribution < -0.4 is 10.1 Å². The Morgan fingerprint density at radius 1 is 0.912 bits per heavy atom. The average Bonchev–Trinajstić information content (AvgIpc) is 3.00. The van der Waals surface area contributed by atoms with Crippen molar-refractivity contribution in [3.63, 3.8) is 0 Å². The standard InChI is InChI=1S/C28H28N2O4/c31-23(19-34-24-15-13-21(14-16-24)20-8-2-1-3-9-20)18-30-26(32)28(29-27(30)33)17-7-6-11-22-10-4-5-12-25(22)28/h1-5,8-10,12-16,23,31H,6-7,11,17-19H2,(H,29,33). The molecule has 6 heteroatoms. The van der Waals surface area contributed by atoms with E-state index in [0.717, 1.165) is 46.4 Å². The Bertz CT molecular complexity index is 1180. The second-order valence-corrected chi connectivity index (χ2v) is 8.97. The van der Waals surface area contributed by atoms with Crippen molar-refractivity contribution in [3.05, 3.63) is 90.0 Å². The van der Waals surface area contributed by atoms with Crippen molar-refractivity contribution in [1.29, 1.82) is 0 Å². The van der Waals surface area contributed by atoms with Gasteiger partial charge in [0.25, 0.3) is 5.91 Å². The predicted octanol–water partition coefficient (Wildman–Crippen LogP) is 4.27. The van der Waals surface area contributed by atoms with Crippen LogP contribution in [0.2, 0.25) is 0 Å². The normalized spacial score (nSPS) is 20.6. The molecule has 0 aromatic heterocycles. The number of rotatable bonds is 6. The molecule has 3 aromatic rings. The zero-order chi connectivity index (χ0) is 23.5. The second-order valence-electron chi connectivity index (χ2n) is 8.97. The molecule has 2 aliphatic rings. The minimum Gasteiger partial charge on any atom is -0.491 e. The van der Waals surface area contributed by atoms with Gasteiger partial charge in [-0.15, -0.1) is 0 Å². The van der Waals surface area contributed by atoms with E-state index in [1.165, 1.54) is 0 Å². The van der Waals surface area contributed by atoms with Gasteiger partial charge in [0.2, 0.25) is 0 Å². The molecular formula is C28H28N2O4. The number of imide groups is 1. The fourth-order valence-electron chi connectivity index (χ4n) is 4.97. The minimum absolute atomic E-state index is 0.0225. The van der Waals surface area contributed by atoms with Crippen LogP contribution in [0.5, 0.6) is 5.75 Å². The lowest BCUT2D eigenvalue weighted by atomic mass is 9.84. The van der Waals surface area contributed by atoms with E-state index < -0.39 is 17.7 Å². The molecule has 2 unspecified atom stereocenters. The number of β-amino-alcohol motifs (C(OH)–C–C–N with tert-alkyl or cyclic N) is 1. The summed E-state index contributed by atoms with van der Waals surface area (Å²) in [6.45, 7) is -0.137. The van der Waals surface area contributed by atoms with E-state index in [1.807, 2.05) is 78.9 Å². The molecule has 0 radical (unpaired) electrons. The summed E-state index contributed by atoms with van der Waals surface area (Å²) in [5.74, 6) is 0.322. The molecule has 1 fully saturated rings. The first-order valence-electron chi connectivity index (χ1n) is 11.8. The van der Waals surface area contributed by atoms with Gasteiger partial charge < -0.3 is 15.2 Å². The molecule has 6 nitrogen and oxygen atoms in total. The molecule has 5 rings (SSSR count). The Labute approximate surface area is 199 Å². The van der Waals surface area contributed by atoms with E-state index in [1.54, 1.807) is 0 Å². The lowest BCUT2D eigenvalue weighted by molar-refractivity contribution is -0.133. The summed E-state index contributed by atoms with van der Waals surface area (Å²) in [5.41, 5.74) is 3.11. The zero-order valence-electron chi connectivity index (χ0n) is 18.9. The quantitative estimate of drug-likeness (QED) is 0.543. The summed E-state index contributed by atoms with van der Waals surface area (Å²) in [5, 5.41) is 13.5. The van der Waals surface area contributed by atoms with Crippen molar-refractivity contribution in [2.75, 3.05) is 13.2 Å². The van der Waals surface area contributed by atoms with Gasteiger partial charge in [-0.3, -0.25) is 9.69 Å². The van der Waals surface area contributed by atoms with E-state index in [2.05, 4.69) is 5.32 Å². The number of aliphatic hydroxyl groups is 1. The van der Waals surface area contributed by atoms with Crippen LogP contribution in [0.1, 0.15) is 30.4 Å². The largest absolute Gasteiger partial charge is 0.491 e. The number of carbonyl (C=O) groups excluding carboxylic acids is 2. The van der Waals surface area contributed by atoms with Gasteiger partial charge in [-0.1, -0.05) is 66.7 Å². The molecule has 34 heavy (non-hydrogen) atoms. The molecule has 3 amide bonds. The number of nitrogens with zero attached hydrogens (tertiary/aromatic N) is 1. The van der Waals surface area contributed by atoms with E-state index in [4.69, 9.17) is 4.74 Å². The molecule has 1 saturated heterocycles. The van der Waals surface area contributed by atoms with Gasteiger partial charge in [-0.25, -0.2) is 4.79 Å². The number of hydrogen-bond donors (Lipinski definition) is 2. The highest BCUT2D eigenvalue weighted by Gasteiger charge is 2.53. The molecule has 174 valence electrons. The van der Waals surface area contributed by atoms with E-state index in [9.17, 15) is 14.7 Å². The van der Waals surface area contributed by atoms with Crippen molar-refractivity contribution >= 4 is 11.9 Å². The number of fused-ring (bicyclic) bond motifs is 2. The lowest BCUT2D eigenvalue weighted by Crippen LogP contribution is -2.45. The van der Waals surface area contributed by atoms with Gasteiger partial charge in [0.05, 0.1) is 6.54 Å². The fraction of sp³-hybridized carbons (Fsp3) is 0.286. The first-order chi connectivity index (χ1) is 16.6. The molecule has 1 heterocycles. The Hall–Kier alpha value is -3.64. The van der Waals surface area contributed by atoms with Gasteiger partial charge in [0.15, 0.2) is 0 Å². The number of amides is 3.